The average Bonchev–Trinajstić information content (AvgIpc) is 2.71. The zero-order chi connectivity index (χ0) is 21.3. The van der Waals surface area contributed by atoms with Crippen LogP contribution in [0.25, 0.3) is 23.3 Å². The highest BCUT2D eigenvalue weighted by Gasteiger charge is 2.23. The smallest absolute Gasteiger partial charge is 0.260 e. The second-order valence-electron chi connectivity index (χ2n) is 6.95. The number of hydrogen-bond acceptors (Lipinski definition) is 2. The van der Waals surface area contributed by atoms with Crippen molar-refractivity contribution in [1.82, 2.24) is 4.98 Å². The van der Waals surface area contributed by atoms with Gasteiger partial charge in [0.1, 0.15) is 0 Å². The number of benzene rings is 2. The third-order valence-corrected chi connectivity index (χ3v) is 5.61. The number of halogens is 3. The Morgan fingerprint density at radius 2 is 1.67 bits per heavy atom. The first kappa shape index (κ1) is 20.7. The van der Waals surface area contributed by atoms with E-state index in [4.69, 9.17) is 34.8 Å². The molecule has 6 heteroatoms. The number of carbonyl (C=O) groups is 1. The molecule has 1 N–H and O–H groups in total. The zero-order valence-electron chi connectivity index (χ0n) is 15.7. The number of nitrogens with one attached hydrogen (secondary N) is 1. The Kier molecular flexibility index (Phi) is 5.96. The summed E-state index contributed by atoms with van der Waals surface area (Å²) < 4.78 is 0. The number of ketones is 1. The summed E-state index contributed by atoms with van der Waals surface area (Å²) in [6, 6.07) is 14.4. The fourth-order valence-corrected chi connectivity index (χ4v) is 4.31. The molecule has 30 heavy (non-hydrogen) atoms. The van der Waals surface area contributed by atoms with Gasteiger partial charge in [-0.15, -0.1) is 0 Å². The molecule has 1 aliphatic carbocycles. The molecule has 0 saturated carbocycles. The van der Waals surface area contributed by atoms with Crippen LogP contribution in [0.15, 0.2) is 64.4 Å². The van der Waals surface area contributed by atoms with Crippen LogP contribution < -0.4 is 5.56 Å². The van der Waals surface area contributed by atoms with E-state index < -0.39 is 11.3 Å². The highest BCUT2D eigenvalue weighted by molar-refractivity contribution is 6.35. The largest absolute Gasteiger partial charge is 0.325 e. The van der Waals surface area contributed by atoms with Gasteiger partial charge in [0, 0.05) is 31.9 Å². The molecule has 0 saturated heterocycles. The van der Waals surface area contributed by atoms with Crippen LogP contribution in [-0.4, -0.2) is 10.8 Å². The highest BCUT2D eigenvalue weighted by Crippen LogP contribution is 2.34. The maximum Gasteiger partial charge on any atom is 0.260 e. The van der Waals surface area contributed by atoms with Gasteiger partial charge in [0.15, 0.2) is 5.78 Å². The zero-order valence-corrected chi connectivity index (χ0v) is 18.0. The Labute approximate surface area is 188 Å². The minimum atomic E-state index is -0.419. The van der Waals surface area contributed by atoms with Crippen molar-refractivity contribution >= 4 is 52.7 Å². The first-order valence-electron chi connectivity index (χ1n) is 9.31. The molecule has 150 valence electrons. The molecule has 0 fully saturated rings. The second-order valence-corrected chi connectivity index (χ2v) is 8.31. The number of H-pyrrole nitrogens is 1. The number of aromatic amines is 1. The van der Waals surface area contributed by atoms with Crippen molar-refractivity contribution in [3.8, 4) is 11.1 Å². The molecular formula is C24H16Cl3NO2. The number of aryl methyl sites for hydroxylation is 1. The maximum atomic E-state index is 13.1. The molecule has 0 bridgehead atoms. The Morgan fingerprint density at radius 3 is 2.37 bits per heavy atom. The summed E-state index contributed by atoms with van der Waals surface area (Å²) >= 11 is 18.3. The lowest BCUT2D eigenvalue weighted by Crippen LogP contribution is -2.22. The van der Waals surface area contributed by atoms with Gasteiger partial charge in [-0.05, 0) is 54.3 Å². The van der Waals surface area contributed by atoms with Crippen LogP contribution in [0.1, 0.15) is 33.6 Å². The molecule has 3 nitrogen and oxygen atoms in total. The third kappa shape index (κ3) is 4.29. The fraction of sp³-hybridized carbons (Fsp3) is 0.0833. The molecule has 0 unspecified atom stereocenters. The highest BCUT2D eigenvalue weighted by atomic mass is 35.5. The molecule has 4 rings (SSSR count). The van der Waals surface area contributed by atoms with Crippen LogP contribution in [-0.2, 0) is 6.42 Å². The summed E-state index contributed by atoms with van der Waals surface area (Å²) in [5, 5.41) is 1.62. The third-order valence-electron chi connectivity index (χ3n) is 4.87. The van der Waals surface area contributed by atoms with E-state index in [-0.39, 0.29) is 5.56 Å². The van der Waals surface area contributed by atoms with Gasteiger partial charge >= 0.3 is 0 Å². The Morgan fingerprint density at radius 1 is 0.967 bits per heavy atom. The van der Waals surface area contributed by atoms with E-state index in [0.717, 1.165) is 16.8 Å². The topological polar surface area (TPSA) is 49.9 Å². The Hall–Kier alpha value is -2.59. The Bertz CT molecular complexity index is 1240. The lowest BCUT2D eigenvalue weighted by molar-refractivity contribution is 0.104. The van der Waals surface area contributed by atoms with E-state index in [1.54, 1.807) is 24.3 Å². The van der Waals surface area contributed by atoms with E-state index >= 15 is 0 Å². The van der Waals surface area contributed by atoms with Crippen molar-refractivity contribution in [2.24, 2.45) is 0 Å². The number of rotatable bonds is 4. The summed E-state index contributed by atoms with van der Waals surface area (Å²) in [6.07, 6.45) is 6.05. The quantitative estimate of drug-likeness (QED) is 0.348. The Balaban J connectivity index is 1.87. The van der Waals surface area contributed by atoms with Crippen LogP contribution in [0.4, 0.5) is 0 Å². The van der Waals surface area contributed by atoms with Crippen molar-refractivity contribution in [3.05, 3.63) is 102 Å². The van der Waals surface area contributed by atoms with E-state index in [9.17, 15) is 9.59 Å². The lowest BCUT2D eigenvalue weighted by Gasteiger charge is -2.19. The van der Waals surface area contributed by atoms with E-state index in [1.807, 2.05) is 36.4 Å². The van der Waals surface area contributed by atoms with E-state index in [0.29, 0.717) is 39.0 Å². The van der Waals surface area contributed by atoms with Gasteiger partial charge in [0.05, 0.1) is 5.56 Å². The number of fused-ring (bicyclic) bond motifs is 1. The second kappa shape index (κ2) is 8.65. The van der Waals surface area contributed by atoms with Crippen LogP contribution in [0.3, 0.4) is 0 Å². The number of aromatic nitrogens is 1. The van der Waals surface area contributed by atoms with Gasteiger partial charge in [-0.1, -0.05) is 71.2 Å². The molecule has 1 aromatic heterocycles. The predicted octanol–water partition coefficient (Wildman–Crippen LogP) is 6.77. The van der Waals surface area contributed by atoms with Crippen molar-refractivity contribution in [2.75, 3.05) is 0 Å². The fourth-order valence-electron chi connectivity index (χ4n) is 3.56. The average molecular weight is 457 g/mol. The molecule has 3 aromatic rings. The molecule has 0 spiro atoms. The van der Waals surface area contributed by atoms with Crippen molar-refractivity contribution in [2.45, 2.75) is 12.8 Å². The summed E-state index contributed by atoms with van der Waals surface area (Å²) in [4.78, 5) is 28.9. The van der Waals surface area contributed by atoms with Crippen LogP contribution in [0.2, 0.25) is 10.0 Å². The van der Waals surface area contributed by atoms with Crippen molar-refractivity contribution in [3.63, 3.8) is 0 Å². The van der Waals surface area contributed by atoms with Gasteiger partial charge in [-0.25, -0.2) is 0 Å². The lowest BCUT2D eigenvalue weighted by atomic mass is 9.89. The predicted molar refractivity (Wildman–Crippen MR) is 124 cm³/mol. The monoisotopic (exact) mass is 455 g/mol. The summed E-state index contributed by atoms with van der Waals surface area (Å²) in [5.74, 6) is -0.413. The number of hydrogen-bond donors (Lipinski definition) is 1. The minimum absolute atomic E-state index is 0.0759. The maximum absolute atomic E-state index is 13.1. The SMILES string of the molecule is O=C(C=Cc1cc(Cl)cc(Cl)c1)c1c(-c2ccccc2)c2c([nH]c1=O)CCC(Cl)=C2. The summed E-state index contributed by atoms with van der Waals surface area (Å²) in [7, 11) is 0. The standard InChI is InChI=1S/C24H16Cl3NO2/c25-16-7-8-20-19(13-16)22(15-4-2-1-3-5-15)23(24(30)28-20)21(29)9-6-14-10-17(26)12-18(27)11-14/h1-6,9-13H,7-8H2,(H,28,30). The summed E-state index contributed by atoms with van der Waals surface area (Å²) in [5.41, 5.74) is 3.25. The molecule has 0 aliphatic heterocycles. The normalized spacial score (nSPS) is 13.2. The van der Waals surface area contributed by atoms with Crippen LogP contribution >= 0.6 is 34.8 Å². The number of carbonyl (C=O) groups excluding carboxylic acids is 1. The van der Waals surface area contributed by atoms with Gasteiger partial charge in [-0.2, -0.15) is 0 Å². The van der Waals surface area contributed by atoms with Gasteiger partial charge in [0.25, 0.3) is 5.56 Å². The van der Waals surface area contributed by atoms with Gasteiger partial charge in [-0.3, -0.25) is 9.59 Å². The molecular weight excluding hydrogens is 441 g/mol. The van der Waals surface area contributed by atoms with Gasteiger partial charge < -0.3 is 4.98 Å². The first-order valence-corrected chi connectivity index (χ1v) is 10.4. The molecule has 1 aliphatic rings. The first-order chi connectivity index (χ1) is 14.4. The van der Waals surface area contributed by atoms with Crippen molar-refractivity contribution < 1.29 is 4.79 Å². The molecule has 1 heterocycles. The van der Waals surface area contributed by atoms with E-state index in [2.05, 4.69) is 4.98 Å². The van der Waals surface area contributed by atoms with Crippen LogP contribution in [0, 0.1) is 0 Å². The van der Waals surface area contributed by atoms with Crippen molar-refractivity contribution in [1.29, 1.82) is 0 Å². The molecule has 2 aromatic carbocycles. The van der Waals surface area contributed by atoms with Gasteiger partial charge in [0.2, 0.25) is 0 Å². The number of allylic oxidation sites excluding steroid dienone is 2. The van der Waals surface area contributed by atoms with Crippen LogP contribution in [0.5, 0.6) is 0 Å². The molecule has 0 radical (unpaired) electrons. The minimum Gasteiger partial charge on any atom is -0.325 e. The number of pyridine rings is 1. The van der Waals surface area contributed by atoms with E-state index in [1.165, 1.54) is 6.08 Å². The molecule has 0 atom stereocenters. The molecule has 0 amide bonds. The summed E-state index contributed by atoms with van der Waals surface area (Å²) in [6.45, 7) is 0.